The molecule has 3 rings (SSSR count). The van der Waals surface area contributed by atoms with E-state index < -0.39 is 10.0 Å². The number of carbonyl (C=O) groups excluding carboxylic acids is 1. The van der Waals surface area contributed by atoms with Gasteiger partial charge in [0, 0.05) is 19.0 Å². The standard InChI is InChI=1S/C18H27N3O3S.ClH/c1-18(12-19,14-5-6-14)20-17(22)11-4-13-2-9-16(10-3-13)25(23,24)21-15-7-8-15;/h2-3,9-10,14-15,21H,4-8,11-12,19H2,1H3,(H,20,22);1H. The van der Waals surface area contributed by atoms with Gasteiger partial charge in [0.1, 0.15) is 0 Å². The van der Waals surface area contributed by atoms with Gasteiger partial charge in [0.2, 0.25) is 15.9 Å². The Morgan fingerprint density at radius 1 is 1.19 bits per heavy atom. The van der Waals surface area contributed by atoms with Crippen molar-refractivity contribution in [2.24, 2.45) is 11.7 Å². The predicted molar refractivity (Wildman–Crippen MR) is 104 cm³/mol. The SMILES string of the molecule is CC(CN)(NC(=O)CCc1ccc(S(=O)(=O)NC2CC2)cc1)C1CC1.Cl. The van der Waals surface area contributed by atoms with Crippen molar-refractivity contribution in [3.8, 4) is 0 Å². The number of amides is 1. The van der Waals surface area contributed by atoms with Crippen molar-refractivity contribution >= 4 is 28.3 Å². The van der Waals surface area contributed by atoms with Crippen LogP contribution in [0.1, 0.15) is 44.6 Å². The van der Waals surface area contributed by atoms with Gasteiger partial charge in [-0.3, -0.25) is 4.79 Å². The molecule has 1 aromatic rings. The fourth-order valence-corrected chi connectivity index (χ4v) is 4.31. The Balaban J connectivity index is 0.00000243. The van der Waals surface area contributed by atoms with Crippen LogP contribution in [-0.2, 0) is 21.2 Å². The molecule has 6 nitrogen and oxygen atoms in total. The number of hydrogen-bond acceptors (Lipinski definition) is 4. The molecular formula is C18H28ClN3O3S. The molecule has 1 aromatic carbocycles. The molecule has 1 amide bonds. The molecule has 4 N–H and O–H groups in total. The minimum Gasteiger partial charge on any atom is -0.349 e. The molecule has 0 radical (unpaired) electrons. The van der Waals surface area contributed by atoms with E-state index in [1.165, 1.54) is 0 Å². The summed E-state index contributed by atoms with van der Waals surface area (Å²) in [5.74, 6) is 0.483. The van der Waals surface area contributed by atoms with Crippen LogP contribution in [0, 0.1) is 5.92 Å². The van der Waals surface area contributed by atoms with E-state index >= 15 is 0 Å². The maximum atomic E-state index is 12.2. The first kappa shape index (κ1) is 21.2. The van der Waals surface area contributed by atoms with Gasteiger partial charge in [-0.2, -0.15) is 0 Å². The van der Waals surface area contributed by atoms with E-state index in [9.17, 15) is 13.2 Å². The molecule has 0 saturated heterocycles. The Labute approximate surface area is 161 Å². The highest BCUT2D eigenvalue weighted by molar-refractivity contribution is 7.89. The number of halogens is 1. The van der Waals surface area contributed by atoms with Crippen LogP contribution in [-0.4, -0.2) is 32.5 Å². The van der Waals surface area contributed by atoms with Gasteiger partial charge in [-0.15, -0.1) is 12.4 Å². The van der Waals surface area contributed by atoms with Gasteiger partial charge in [-0.05, 0) is 62.6 Å². The van der Waals surface area contributed by atoms with E-state index in [4.69, 9.17) is 5.73 Å². The number of sulfonamides is 1. The predicted octanol–water partition coefficient (Wildman–Crippen LogP) is 1.73. The van der Waals surface area contributed by atoms with Crippen LogP contribution in [0.25, 0.3) is 0 Å². The Bertz CT molecular complexity index is 731. The topological polar surface area (TPSA) is 101 Å². The number of carbonyl (C=O) groups is 1. The molecule has 1 unspecified atom stereocenters. The van der Waals surface area contributed by atoms with Crippen LogP contribution < -0.4 is 15.8 Å². The molecule has 1 atom stereocenters. The van der Waals surface area contributed by atoms with Gasteiger partial charge < -0.3 is 11.1 Å². The summed E-state index contributed by atoms with van der Waals surface area (Å²) in [4.78, 5) is 12.5. The van der Waals surface area contributed by atoms with Crippen molar-refractivity contribution in [2.45, 2.75) is 61.9 Å². The van der Waals surface area contributed by atoms with E-state index in [0.29, 0.717) is 25.3 Å². The molecule has 0 spiro atoms. The maximum Gasteiger partial charge on any atom is 0.240 e. The molecule has 2 aliphatic carbocycles. The largest absolute Gasteiger partial charge is 0.349 e. The van der Waals surface area contributed by atoms with E-state index in [-0.39, 0.29) is 34.8 Å². The van der Waals surface area contributed by atoms with Gasteiger partial charge in [0.25, 0.3) is 0 Å². The summed E-state index contributed by atoms with van der Waals surface area (Å²) in [6.07, 6.45) is 5.02. The normalized spacial score (nSPS) is 19.3. The van der Waals surface area contributed by atoms with Gasteiger partial charge in [-0.1, -0.05) is 12.1 Å². The number of hydrogen-bond donors (Lipinski definition) is 3. The van der Waals surface area contributed by atoms with Crippen LogP contribution in [0.5, 0.6) is 0 Å². The quantitative estimate of drug-likeness (QED) is 0.586. The van der Waals surface area contributed by atoms with Gasteiger partial charge in [-0.25, -0.2) is 13.1 Å². The lowest BCUT2D eigenvalue weighted by molar-refractivity contribution is -0.123. The van der Waals surface area contributed by atoms with E-state index in [1.54, 1.807) is 24.3 Å². The van der Waals surface area contributed by atoms with Crippen LogP contribution >= 0.6 is 12.4 Å². The molecule has 0 aliphatic heterocycles. The lowest BCUT2D eigenvalue weighted by Crippen LogP contribution is -2.53. The van der Waals surface area contributed by atoms with Crippen LogP contribution in [0.4, 0.5) is 0 Å². The van der Waals surface area contributed by atoms with E-state index in [0.717, 1.165) is 31.2 Å². The Morgan fingerprint density at radius 2 is 1.81 bits per heavy atom. The number of aryl methyl sites for hydroxylation is 1. The maximum absolute atomic E-state index is 12.2. The molecule has 2 aliphatic rings. The van der Waals surface area contributed by atoms with Crippen LogP contribution in [0.3, 0.4) is 0 Å². The minimum absolute atomic E-state index is 0. The lowest BCUT2D eigenvalue weighted by Gasteiger charge is -2.29. The van der Waals surface area contributed by atoms with Gasteiger partial charge >= 0.3 is 0 Å². The Morgan fingerprint density at radius 3 is 2.31 bits per heavy atom. The smallest absolute Gasteiger partial charge is 0.240 e. The first-order valence-electron chi connectivity index (χ1n) is 8.95. The molecule has 2 saturated carbocycles. The number of nitrogens with one attached hydrogen (secondary N) is 2. The zero-order valence-corrected chi connectivity index (χ0v) is 16.7. The fourth-order valence-electron chi connectivity index (χ4n) is 3.00. The summed E-state index contributed by atoms with van der Waals surface area (Å²) in [6.45, 7) is 2.46. The molecule has 8 heteroatoms. The molecule has 0 heterocycles. The second-order valence-corrected chi connectivity index (χ2v) is 9.20. The number of rotatable bonds is 9. The third kappa shape index (κ3) is 5.42. The summed E-state index contributed by atoms with van der Waals surface area (Å²) in [6, 6.07) is 6.85. The number of nitrogens with two attached hydrogens (primary N) is 1. The monoisotopic (exact) mass is 401 g/mol. The molecule has 26 heavy (non-hydrogen) atoms. The van der Waals surface area contributed by atoms with Crippen LogP contribution in [0.15, 0.2) is 29.2 Å². The summed E-state index contributed by atoms with van der Waals surface area (Å²) in [7, 11) is -3.42. The Kier molecular flexibility index (Phi) is 6.71. The summed E-state index contributed by atoms with van der Waals surface area (Å²) >= 11 is 0. The average molecular weight is 402 g/mol. The van der Waals surface area contributed by atoms with E-state index in [2.05, 4.69) is 10.0 Å². The van der Waals surface area contributed by atoms with Crippen molar-refractivity contribution in [2.75, 3.05) is 6.54 Å². The van der Waals surface area contributed by atoms with E-state index in [1.807, 2.05) is 6.92 Å². The third-order valence-electron chi connectivity index (χ3n) is 5.10. The van der Waals surface area contributed by atoms with Crippen LogP contribution in [0.2, 0.25) is 0 Å². The van der Waals surface area contributed by atoms with Crippen molar-refractivity contribution in [3.05, 3.63) is 29.8 Å². The zero-order chi connectivity index (χ0) is 18.1. The van der Waals surface area contributed by atoms with Crippen molar-refractivity contribution in [1.29, 1.82) is 0 Å². The van der Waals surface area contributed by atoms with Crippen molar-refractivity contribution < 1.29 is 13.2 Å². The first-order valence-corrected chi connectivity index (χ1v) is 10.4. The Hall–Kier alpha value is -1.15. The van der Waals surface area contributed by atoms with Gasteiger partial charge in [0.05, 0.1) is 10.4 Å². The molecule has 0 aromatic heterocycles. The molecule has 2 fully saturated rings. The average Bonchev–Trinajstić information content (AvgIpc) is 3.45. The highest BCUT2D eigenvalue weighted by atomic mass is 35.5. The summed E-state index contributed by atoms with van der Waals surface area (Å²) in [5, 5.41) is 3.07. The fraction of sp³-hybridized carbons (Fsp3) is 0.611. The minimum atomic E-state index is -3.42. The highest BCUT2D eigenvalue weighted by Crippen LogP contribution is 2.39. The zero-order valence-electron chi connectivity index (χ0n) is 15.0. The number of benzene rings is 1. The highest BCUT2D eigenvalue weighted by Gasteiger charge is 2.41. The first-order chi connectivity index (χ1) is 11.8. The van der Waals surface area contributed by atoms with Gasteiger partial charge in [0.15, 0.2) is 0 Å². The second kappa shape index (κ2) is 8.25. The van der Waals surface area contributed by atoms with Crippen molar-refractivity contribution in [3.63, 3.8) is 0 Å². The lowest BCUT2D eigenvalue weighted by atomic mass is 9.95. The van der Waals surface area contributed by atoms with Crippen molar-refractivity contribution in [1.82, 2.24) is 10.0 Å². The summed E-state index contributed by atoms with van der Waals surface area (Å²) in [5.41, 5.74) is 6.47. The third-order valence-corrected chi connectivity index (χ3v) is 6.64. The second-order valence-electron chi connectivity index (χ2n) is 7.48. The molecule has 146 valence electrons. The summed E-state index contributed by atoms with van der Waals surface area (Å²) < 4.78 is 26.9. The molecular weight excluding hydrogens is 374 g/mol. The molecule has 0 bridgehead atoms.